The third kappa shape index (κ3) is 7.07. The van der Waals surface area contributed by atoms with Crippen molar-refractivity contribution in [2.75, 3.05) is 33.2 Å². The maximum atomic E-state index is 5.33. The topological polar surface area (TPSA) is 78.6 Å². The Bertz CT molecular complexity index is 635. The van der Waals surface area contributed by atoms with Crippen LogP contribution in [0.2, 0.25) is 0 Å². The highest BCUT2D eigenvalue weighted by molar-refractivity contribution is 14.0. The van der Waals surface area contributed by atoms with Gasteiger partial charge in [-0.05, 0) is 45.2 Å². The first-order valence-corrected chi connectivity index (χ1v) is 11.6. The maximum absolute atomic E-state index is 5.33. The number of guanidine groups is 1. The fraction of sp³-hybridized carbons (Fsp3) is 0.864. The molecule has 8 heteroatoms. The molecule has 1 aliphatic heterocycles. The summed E-state index contributed by atoms with van der Waals surface area (Å²) in [5.74, 6) is 2.73. The molecule has 0 radical (unpaired) electrons. The SMILES string of the molecule is CN=C(NCCCc1nc(C(C)C)no1)NCC1(N2CCCCC2)CCCCC1.I. The van der Waals surface area contributed by atoms with Gasteiger partial charge < -0.3 is 15.2 Å². The minimum Gasteiger partial charge on any atom is -0.356 e. The van der Waals surface area contributed by atoms with E-state index in [4.69, 9.17) is 4.52 Å². The smallest absolute Gasteiger partial charge is 0.226 e. The van der Waals surface area contributed by atoms with Crippen molar-refractivity contribution in [3.05, 3.63) is 11.7 Å². The number of likely N-dealkylation sites (tertiary alicyclic amines) is 1. The third-order valence-corrected chi connectivity index (χ3v) is 6.48. The van der Waals surface area contributed by atoms with Crippen LogP contribution >= 0.6 is 24.0 Å². The molecule has 172 valence electrons. The van der Waals surface area contributed by atoms with E-state index in [1.54, 1.807) is 0 Å². The molecule has 30 heavy (non-hydrogen) atoms. The number of aromatic nitrogens is 2. The van der Waals surface area contributed by atoms with Crippen molar-refractivity contribution >= 4 is 29.9 Å². The average Bonchev–Trinajstić information content (AvgIpc) is 3.24. The van der Waals surface area contributed by atoms with Crippen molar-refractivity contribution in [1.82, 2.24) is 25.7 Å². The van der Waals surface area contributed by atoms with Crippen LogP contribution < -0.4 is 10.6 Å². The first-order chi connectivity index (χ1) is 14.1. The van der Waals surface area contributed by atoms with Crippen LogP contribution in [0.3, 0.4) is 0 Å². The van der Waals surface area contributed by atoms with E-state index in [0.717, 1.165) is 43.6 Å². The van der Waals surface area contributed by atoms with Crippen molar-refractivity contribution < 1.29 is 4.52 Å². The molecule has 1 aromatic rings. The van der Waals surface area contributed by atoms with Gasteiger partial charge in [0.05, 0.1) is 0 Å². The lowest BCUT2D eigenvalue weighted by Crippen LogP contribution is -2.59. The van der Waals surface area contributed by atoms with Gasteiger partial charge in [0.1, 0.15) is 0 Å². The zero-order valence-corrected chi connectivity index (χ0v) is 21.4. The normalized spacial score (nSPS) is 20.1. The number of hydrogen-bond donors (Lipinski definition) is 2. The van der Waals surface area contributed by atoms with E-state index in [-0.39, 0.29) is 24.0 Å². The molecular weight excluding hydrogens is 491 g/mol. The molecule has 1 aliphatic carbocycles. The van der Waals surface area contributed by atoms with E-state index < -0.39 is 0 Å². The quantitative estimate of drug-likeness (QED) is 0.227. The molecule has 2 N–H and O–H groups in total. The number of nitrogens with one attached hydrogen (secondary N) is 2. The summed E-state index contributed by atoms with van der Waals surface area (Å²) in [6, 6.07) is 0. The van der Waals surface area contributed by atoms with Gasteiger partial charge in [0.25, 0.3) is 0 Å². The van der Waals surface area contributed by atoms with Crippen LogP contribution in [0.1, 0.15) is 89.3 Å². The molecule has 0 bridgehead atoms. The summed E-state index contributed by atoms with van der Waals surface area (Å²) in [6.45, 7) is 8.51. The Balaban J connectivity index is 0.00000320. The highest BCUT2D eigenvalue weighted by atomic mass is 127. The standard InChI is InChI=1S/C22H40N6O.HI/c1-18(2)20-26-19(29-27-20)11-10-14-24-21(23-3)25-17-22(12-6-4-7-13-22)28-15-8-5-9-16-28;/h18H,4-17H2,1-3H3,(H2,23,24,25);1H. The van der Waals surface area contributed by atoms with Gasteiger partial charge in [-0.3, -0.25) is 9.89 Å². The van der Waals surface area contributed by atoms with Crippen molar-refractivity contribution in [3.63, 3.8) is 0 Å². The first kappa shape index (κ1) is 25.4. The van der Waals surface area contributed by atoms with Crippen molar-refractivity contribution in [2.45, 2.75) is 89.5 Å². The lowest BCUT2D eigenvalue weighted by atomic mass is 9.79. The lowest BCUT2D eigenvalue weighted by molar-refractivity contribution is 0.0368. The number of hydrogen-bond acceptors (Lipinski definition) is 5. The summed E-state index contributed by atoms with van der Waals surface area (Å²) in [5.41, 5.74) is 0.313. The van der Waals surface area contributed by atoms with Gasteiger partial charge in [0, 0.05) is 38.0 Å². The van der Waals surface area contributed by atoms with Crippen LogP contribution in [0.15, 0.2) is 9.52 Å². The van der Waals surface area contributed by atoms with Crippen molar-refractivity contribution in [2.24, 2.45) is 4.99 Å². The highest BCUT2D eigenvalue weighted by Gasteiger charge is 2.38. The Morgan fingerprint density at radius 1 is 1.10 bits per heavy atom. The van der Waals surface area contributed by atoms with E-state index in [1.165, 1.54) is 64.5 Å². The van der Waals surface area contributed by atoms with Gasteiger partial charge >= 0.3 is 0 Å². The minimum absolute atomic E-state index is 0. The van der Waals surface area contributed by atoms with Gasteiger partial charge in [-0.2, -0.15) is 4.98 Å². The van der Waals surface area contributed by atoms with Gasteiger partial charge in [-0.15, -0.1) is 24.0 Å². The molecule has 7 nitrogen and oxygen atoms in total. The Labute approximate surface area is 199 Å². The Morgan fingerprint density at radius 3 is 2.43 bits per heavy atom. The third-order valence-electron chi connectivity index (χ3n) is 6.48. The molecule has 2 aliphatic rings. The second-order valence-electron chi connectivity index (χ2n) is 8.99. The largest absolute Gasteiger partial charge is 0.356 e. The molecular formula is C22H41IN6O. The summed E-state index contributed by atoms with van der Waals surface area (Å²) < 4.78 is 5.33. The van der Waals surface area contributed by atoms with Gasteiger partial charge in [0.15, 0.2) is 11.8 Å². The van der Waals surface area contributed by atoms with Crippen LogP contribution in [0.4, 0.5) is 0 Å². The summed E-state index contributed by atoms with van der Waals surface area (Å²) in [6.07, 6.45) is 12.5. The monoisotopic (exact) mass is 532 g/mol. The fourth-order valence-corrected chi connectivity index (χ4v) is 4.70. The molecule has 0 aromatic carbocycles. The molecule has 1 aromatic heterocycles. The molecule has 3 rings (SSSR count). The highest BCUT2D eigenvalue weighted by Crippen LogP contribution is 2.35. The van der Waals surface area contributed by atoms with Crippen LogP contribution in [-0.2, 0) is 6.42 Å². The number of halogens is 1. The van der Waals surface area contributed by atoms with Crippen LogP contribution in [0, 0.1) is 0 Å². The lowest BCUT2D eigenvalue weighted by Gasteiger charge is -2.48. The Kier molecular flexibility index (Phi) is 10.8. The van der Waals surface area contributed by atoms with Gasteiger partial charge in [-0.1, -0.05) is 44.7 Å². The molecule has 0 unspecified atom stereocenters. The van der Waals surface area contributed by atoms with E-state index in [2.05, 4.69) is 44.5 Å². The molecule has 2 heterocycles. The number of rotatable bonds is 8. The van der Waals surface area contributed by atoms with E-state index in [0.29, 0.717) is 11.5 Å². The zero-order valence-electron chi connectivity index (χ0n) is 19.1. The number of piperidine rings is 1. The molecule has 1 saturated heterocycles. The number of nitrogens with zero attached hydrogens (tertiary/aromatic N) is 4. The Hall–Kier alpha value is -0.900. The summed E-state index contributed by atoms with van der Waals surface area (Å²) >= 11 is 0. The summed E-state index contributed by atoms with van der Waals surface area (Å²) in [5, 5.41) is 11.1. The Morgan fingerprint density at radius 2 is 1.80 bits per heavy atom. The van der Waals surface area contributed by atoms with Crippen LogP contribution in [0.5, 0.6) is 0 Å². The van der Waals surface area contributed by atoms with Crippen molar-refractivity contribution in [3.8, 4) is 0 Å². The van der Waals surface area contributed by atoms with Crippen LogP contribution in [-0.4, -0.2) is 59.8 Å². The summed E-state index contributed by atoms with van der Waals surface area (Å²) in [7, 11) is 1.86. The average molecular weight is 533 g/mol. The number of aliphatic imine (C=N–C) groups is 1. The zero-order chi connectivity index (χ0) is 20.5. The van der Waals surface area contributed by atoms with Gasteiger partial charge in [0.2, 0.25) is 5.89 Å². The van der Waals surface area contributed by atoms with E-state index >= 15 is 0 Å². The molecule has 0 amide bonds. The van der Waals surface area contributed by atoms with Gasteiger partial charge in [-0.25, -0.2) is 0 Å². The number of aryl methyl sites for hydroxylation is 1. The van der Waals surface area contributed by atoms with Crippen LogP contribution in [0.25, 0.3) is 0 Å². The summed E-state index contributed by atoms with van der Waals surface area (Å²) in [4.78, 5) is 11.7. The second-order valence-corrected chi connectivity index (χ2v) is 8.99. The molecule has 0 atom stereocenters. The first-order valence-electron chi connectivity index (χ1n) is 11.6. The predicted molar refractivity (Wildman–Crippen MR) is 133 cm³/mol. The fourth-order valence-electron chi connectivity index (χ4n) is 4.70. The predicted octanol–water partition coefficient (Wildman–Crippen LogP) is 4.10. The van der Waals surface area contributed by atoms with E-state index in [1.807, 2.05) is 7.05 Å². The molecule has 2 fully saturated rings. The minimum atomic E-state index is 0. The van der Waals surface area contributed by atoms with E-state index in [9.17, 15) is 0 Å². The molecule has 0 spiro atoms. The second kappa shape index (κ2) is 12.8. The van der Waals surface area contributed by atoms with Crippen molar-refractivity contribution in [1.29, 1.82) is 0 Å². The maximum Gasteiger partial charge on any atom is 0.226 e. The molecule has 1 saturated carbocycles.